The second-order valence-corrected chi connectivity index (χ2v) is 2.61. The van der Waals surface area contributed by atoms with Gasteiger partial charge in [0.25, 0.3) is 0 Å². The number of aromatic amines is 1. The predicted octanol–water partition coefficient (Wildman–Crippen LogP) is 1.82. The number of alkyl halides is 3. The first-order valence-electron chi connectivity index (χ1n) is 3.93. The SMILES string of the molecule is OCCC=Cc1cn[nH]c1C(F)(F)F. The minimum absolute atomic E-state index is 0.0223. The molecular weight excluding hydrogens is 197 g/mol. The quantitative estimate of drug-likeness (QED) is 0.792. The van der Waals surface area contributed by atoms with Gasteiger partial charge in [-0.05, 0) is 6.42 Å². The largest absolute Gasteiger partial charge is 0.433 e. The van der Waals surface area contributed by atoms with Crippen LogP contribution < -0.4 is 0 Å². The second kappa shape index (κ2) is 4.28. The Bertz CT molecular complexity index is 317. The highest BCUT2D eigenvalue weighted by Gasteiger charge is 2.34. The monoisotopic (exact) mass is 206 g/mol. The van der Waals surface area contributed by atoms with Crippen LogP contribution in [0.4, 0.5) is 13.2 Å². The molecule has 1 aromatic heterocycles. The Kier molecular flexibility index (Phi) is 3.29. The number of hydrogen-bond acceptors (Lipinski definition) is 2. The molecule has 0 aliphatic rings. The summed E-state index contributed by atoms with van der Waals surface area (Å²) >= 11 is 0. The van der Waals surface area contributed by atoms with Gasteiger partial charge < -0.3 is 5.11 Å². The number of aliphatic hydroxyl groups is 1. The van der Waals surface area contributed by atoms with E-state index in [0.29, 0.717) is 6.42 Å². The molecule has 0 unspecified atom stereocenters. The van der Waals surface area contributed by atoms with E-state index < -0.39 is 11.9 Å². The standard InChI is InChI=1S/C8H9F3N2O/c9-8(10,11)7-6(5-12-13-7)3-1-2-4-14/h1,3,5,14H,2,4H2,(H,12,13). The third-order valence-electron chi connectivity index (χ3n) is 1.55. The van der Waals surface area contributed by atoms with Crippen LogP contribution >= 0.6 is 0 Å². The van der Waals surface area contributed by atoms with Gasteiger partial charge in [-0.15, -0.1) is 0 Å². The van der Waals surface area contributed by atoms with Crippen molar-refractivity contribution >= 4 is 6.08 Å². The zero-order valence-corrected chi connectivity index (χ0v) is 7.17. The number of H-pyrrole nitrogens is 1. The van der Waals surface area contributed by atoms with E-state index in [4.69, 9.17) is 5.11 Å². The summed E-state index contributed by atoms with van der Waals surface area (Å²) in [6.07, 6.45) is -0.267. The molecule has 3 nitrogen and oxygen atoms in total. The molecule has 0 atom stereocenters. The van der Waals surface area contributed by atoms with Crippen molar-refractivity contribution in [1.29, 1.82) is 0 Å². The zero-order valence-electron chi connectivity index (χ0n) is 7.17. The minimum Gasteiger partial charge on any atom is -0.396 e. The molecule has 1 aromatic rings. The van der Waals surface area contributed by atoms with E-state index in [-0.39, 0.29) is 12.2 Å². The maximum absolute atomic E-state index is 12.2. The van der Waals surface area contributed by atoms with Gasteiger partial charge in [-0.3, -0.25) is 5.10 Å². The molecule has 0 aliphatic heterocycles. The molecule has 78 valence electrons. The first kappa shape index (κ1) is 10.8. The van der Waals surface area contributed by atoms with Crippen LogP contribution in [0.25, 0.3) is 6.08 Å². The summed E-state index contributed by atoms with van der Waals surface area (Å²) in [7, 11) is 0. The van der Waals surface area contributed by atoms with Crippen molar-refractivity contribution in [2.24, 2.45) is 0 Å². The van der Waals surface area contributed by atoms with Gasteiger partial charge >= 0.3 is 6.18 Å². The van der Waals surface area contributed by atoms with Crippen LogP contribution in [-0.4, -0.2) is 21.9 Å². The Hall–Kier alpha value is -1.30. The predicted molar refractivity (Wildman–Crippen MR) is 44.3 cm³/mol. The van der Waals surface area contributed by atoms with Crippen molar-refractivity contribution in [2.45, 2.75) is 12.6 Å². The van der Waals surface area contributed by atoms with Crippen molar-refractivity contribution in [3.63, 3.8) is 0 Å². The van der Waals surface area contributed by atoms with E-state index in [0.717, 1.165) is 6.20 Å². The lowest BCUT2D eigenvalue weighted by Crippen LogP contribution is -2.07. The topological polar surface area (TPSA) is 48.9 Å². The number of aromatic nitrogens is 2. The Morgan fingerprint density at radius 3 is 2.79 bits per heavy atom. The van der Waals surface area contributed by atoms with Crippen molar-refractivity contribution in [3.8, 4) is 0 Å². The average molecular weight is 206 g/mol. The van der Waals surface area contributed by atoms with E-state index in [1.807, 2.05) is 5.10 Å². The highest BCUT2D eigenvalue weighted by Crippen LogP contribution is 2.30. The van der Waals surface area contributed by atoms with Crippen LogP contribution in [0.5, 0.6) is 0 Å². The van der Waals surface area contributed by atoms with Crippen LogP contribution in [-0.2, 0) is 6.18 Å². The number of nitrogens with one attached hydrogen (secondary N) is 1. The number of aliphatic hydroxyl groups excluding tert-OH is 1. The molecule has 0 radical (unpaired) electrons. The molecule has 0 amide bonds. The summed E-state index contributed by atoms with van der Waals surface area (Å²) in [5.74, 6) is 0. The Balaban J connectivity index is 2.83. The highest BCUT2D eigenvalue weighted by atomic mass is 19.4. The summed E-state index contributed by atoms with van der Waals surface area (Å²) in [4.78, 5) is 0. The molecule has 14 heavy (non-hydrogen) atoms. The fourth-order valence-corrected chi connectivity index (χ4v) is 0.934. The summed E-state index contributed by atoms with van der Waals surface area (Å²) in [5.41, 5.74) is -0.891. The zero-order chi connectivity index (χ0) is 10.6. The minimum atomic E-state index is -4.42. The fraction of sp³-hybridized carbons (Fsp3) is 0.375. The number of hydrogen-bond donors (Lipinski definition) is 2. The molecule has 0 aromatic carbocycles. The average Bonchev–Trinajstić information content (AvgIpc) is 2.52. The van der Waals surface area contributed by atoms with Crippen LogP contribution in [0.2, 0.25) is 0 Å². The van der Waals surface area contributed by atoms with Crippen molar-refractivity contribution in [3.05, 3.63) is 23.5 Å². The summed E-state index contributed by atoms with van der Waals surface area (Å²) in [6.45, 7) is -0.0876. The molecule has 0 fully saturated rings. The Morgan fingerprint density at radius 1 is 1.50 bits per heavy atom. The van der Waals surface area contributed by atoms with Gasteiger partial charge in [-0.1, -0.05) is 12.2 Å². The molecular formula is C8H9F3N2O. The Morgan fingerprint density at radius 2 is 2.21 bits per heavy atom. The first-order chi connectivity index (χ1) is 6.55. The number of halogens is 3. The second-order valence-electron chi connectivity index (χ2n) is 2.61. The van der Waals surface area contributed by atoms with Gasteiger partial charge in [-0.2, -0.15) is 18.3 Å². The van der Waals surface area contributed by atoms with Crippen molar-refractivity contribution < 1.29 is 18.3 Å². The van der Waals surface area contributed by atoms with E-state index in [2.05, 4.69) is 5.10 Å². The van der Waals surface area contributed by atoms with Gasteiger partial charge in [0.05, 0.1) is 6.20 Å². The highest BCUT2D eigenvalue weighted by molar-refractivity contribution is 5.51. The third-order valence-corrected chi connectivity index (χ3v) is 1.55. The molecule has 2 N–H and O–H groups in total. The van der Waals surface area contributed by atoms with Crippen LogP contribution in [0.1, 0.15) is 17.7 Å². The van der Waals surface area contributed by atoms with Gasteiger partial charge in [0, 0.05) is 12.2 Å². The molecule has 0 spiro atoms. The van der Waals surface area contributed by atoms with Crippen molar-refractivity contribution in [1.82, 2.24) is 10.2 Å². The normalized spacial score (nSPS) is 12.6. The summed E-state index contributed by atoms with van der Waals surface area (Å²) in [5, 5.41) is 13.6. The summed E-state index contributed by atoms with van der Waals surface area (Å²) < 4.78 is 36.7. The lowest BCUT2D eigenvalue weighted by atomic mass is 10.2. The molecule has 0 bridgehead atoms. The van der Waals surface area contributed by atoms with E-state index in [9.17, 15) is 13.2 Å². The van der Waals surface area contributed by atoms with Crippen LogP contribution in [0, 0.1) is 0 Å². The smallest absolute Gasteiger partial charge is 0.396 e. The molecule has 0 saturated carbocycles. The lowest BCUT2D eigenvalue weighted by Gasteiger charge is -2.03. The van der Waals surface area contributed by atoms with Gasteiger partial charge in [0.1, 0.15) is 5.69 Å². The third kappa shape index (κ3) is 2.59. The number of rotatable bonds is 3. The lowest BCUT2D eigenvalue weighted by molar-refractivity contribution is -0.141. The van der Waals surface area contributed by atoms with E-state index in [1.165, 1.54) is 12.2 Å². The maximum Gasteiger partial charge on any atom is 0.433 e. The van der Waals surface area contributed by atoms with Crippen molar-refractivity contribution in [2.75, 3.05) is 6.61 Å². The molecule has 6 heteroatoms. The van der Waals surface area contributed by atoms with Gasteiger partial charge in [-0.25, -0.2) is 0 Å². The number of nitrogens with zero attached hydrogens (tertiary/aromatic N) is 1. The van der Waals surface area contributed by atoms with Crippen LogP contribution in [0.3, 0.4) is 0 Å². The first-order valence-corrected chi connectivity index (χ1v) is 3.93. The Labute approximate surface area is 78.3 Å². The van der Waals surface area contributed by atoms with Gasteiger partial charge in [0.15, 0.2) is 0 Å². The van der Waals surface area contributed by atoms with Gasteiger partial charge in [0.2, 0.25) is 0 Å². The molecule has 1 heterocycles. The molecule has 1 rings (SSSR count). The fourth-order valence-electron chi connectivity index (χ4n) is 0.934. The van der Waals surface area contributed by atoms with E-state index >= 15 is 0 Å². The molecule has 0 aliphatic carbocycles. The molecule has 0 saturated heterocycles. The summed E-state index contributed by atoms with van der Waals surface area (Å²) in [6, 6.07) is 0. The van der Waals surface area contributed by atoms with E-state index in [1.54, 1.807) is 0 Å². The van der Waals surface area contributed by atoms with Crippen LogP contribution in [0.15, 0.2) is 12.3 Å². The maximum atomic E-state index is 12.2.